The lowest BCUT2D eigenvalue weighted by Crippen LogP contribution is -2.22. The summed E-state index contributed by atoms with van der Waals surface area (Å²) in [6, 6.07) is 1.15. The first-order valence-corrected chi connectivity index (χ1v) is 9.96. The zero-order valence-corrected chi connectivity index (χ0v) is 12.6. The van der Waals surface area contributed by atoms with Gasteiger partial charge in [-0.15, -0.1) is 0 Å². The maximum atomic E-state index is 5.72. The van der Waals surface area contributed by atoms with Gasteiger partial charge in [-0.05, 0) is 17.6 Å². The third-order valence-corrected chi connectivity index (χ3v) is 4.46. The minimum Gasteiger partial charge on any atom is -0.360 e. The summed E-state index contributed by atoms with van der Waals surface area (Å²) in [6.07, 6.45) is 3.34. The zero-order chi connectivity index (χ0) is 13.2. The molecule has 0 saturated heterocycles. The number of aromatic nitrogens is 4. The first-order chi connectivity index (χ1) is 8.46. The first kappa shape index (κ1) is 13.4. The molecule has 0 bridgehead atoms. The number of nitrogens with zero attached hydrogens (tertiary/aromatic N) is 4. The molecule has 2 aromatic rings. The average Bonchev–Trinajstić information content (AvgIpc) is 2.65. The molecule has 98 valence electrons. The molecule has 0 amide bonds. The van der Waals surface area contributed by atoms with Gasteiger partial charge in [0.2, 0.25) is 5.28 Å². The van der Waals surface area contributed by atoms with Crippen LogP contribution in [0.2, 0.25) is 31.0 Å². The van der Waals surface area contributed by atoms with Crippen LogP contribution in [0.3, 0.4) is 0 Å². The van der Waals surface area contributed by atoms with Gasteiger partial charge in [-0.25, -0.2) is 14.6 Å². The first-order valence-electron chi connectivity index (χ1n) is 5.87. The summed E-state index contributed by atoms with van der Waals surface area (Å²) in [5, 5.41) is 4.45. The standard InChI is InChI=1S/C11H17ClN4OSi/c1-18(2,3)5-4-17-8-16-10-7-13-11(12)15-9(10)6-14-16/h6-7H,4-5,8H2,1-3H3. The SMILES string of the molecule is C[Si](C)(C)CCOCn1ncc2nc(Cl)ncc21. The van der Waals surface area contributed by atoms with E-state index in [1.165, 1.54) is 0 Å². The molecule has 7 heteroatoms. The predicted octanol–water partition coefficient (Wildman–Crippen LogP) is 2.79. The quantitative estimate of drug-likeness (QED) is 0.481. The fourth-order valence-corrected chi connectivity index (χ4v) is 2.38. The van der Waals surface area contributed by atoms with E-state index in [2.05, 4.69) is 34.7 Å². The van der Waals surface area contributed by atoms with Gasteiger partial charge < -0.3 is 4.74 Å². The molecule has 0 aliphatic heterocycles. The fourth-order valence-electron chi connectivity index (χ4n) is 1.48. The van der Waals surface area contributed by atoms with Crippen molar-refractivity contribution in [3.63, 3.8) is 0 Å². The largest absolute Gasteiger partial charge is 0.360 e. The highest BCUT2D eigenvalue weighted by molar-refractivity contribution is 6.76. The molecule has 0 radical (unpaired) electrons. The molecule has 2 heterocycles. The minimum atomic E-state index is -1.04. The van der Waals surface area contributed by atoms with Crippen LogP contribution < -0.4 is 0 Å². The number of rotatable bonds is 5. The van der Waals surface area contributed by atoms with Gasteiger partial charge in [0.05, 0.1) is 12.4 Å². The van der Waals surface area contributed by atoms with Crippen LogP contribution >= 0.6 is 11.6 Å². The molecule has 0 atom stereocenters. The van der Waals surface area contributed by atoms with Crippen LogP contribution in [0.25, 0.3) is 11.0 Å². The topological polar surface area (TPSA) is 52.8 Å². The molecular weight excluding hydrogens is 268 g/mol. The van der Waals surface area contributed by atoms with E-state index < -0.39 is 8.07 Å². The van der Waals surface area contributed by atoms with E-state index >= 15 is 0 Å². The Hall–Kier alpha value is -0.983. The van der Waals surface area contributed by atoms with Gasteiger partial charge >= 0.3 is 0 Å². The Bertz CT molecular complexity index is 537. The highest BCUT2D eigenvalue weighted by atomic mass is 35.5. The van der Waals surface area contributed by atoms with Crippen molar-refractivity contribution in [1.82, 2.24) is 19.7 Å². The lowest BCUT2D eigenvalue weighted by Gasteiger charge is -2.15. The molecule has 2 rings (SSSR count). The van der Waals surface area contributed by atoms with Crippen LogP contribution in [0.4, 0.5) is 0 Å². The van der Waals surface area contributed by atoms with Crippen molar-refractivity contribution < 1.29 is 4.74 Å². The number of hydrogen-bond donors (Lipinski definition) is 0. The Morgan fingerprint density at radius 1 is 1.33 bits per heavy atom. The van der Waals surface area contributed by atoms with E-state index in [1.54, 1.807) is 17.1 Å². The predicted molar refractivity (Wildman–Crippen MR) is 74.4 cm³/mol. The summed E-state index contributed by atoms with van der Waals surface area (Å²) in [6.45, 7) is 8.19. The zero-order valence-electron chi connectivity index (χ0n) is 10.9. The fraction of sp³-hybridized carbons (Fsp3) is 0.545. The van der Waals surface area contributed by atoms with Crippen molar-refractivity contribution in [2.75, 3.05) is 6.61 Å². The van der Waals surface area contributed by atoms with Gasteiger partial charge in [0.15, 0.2) is 0 Å². The lowest BCUT2D eigenvalue weighted by atomic mass is 10.5. The molecule has 5 nitrogen and oxygen atoms in total. The van der Waals surface area contributed by atoms with Crippen LogP contribution in [0.15, 0.2) is 12.4 Å². The third kappa shape index (κ3) is 3.50. The Kier molecular flexibility index (Phi) is 3.99. The third-order valence-electron chi connectivity index (χ3n) is 2.58. The summed E-state index contributed by atoms with van der Waals surface area (Å²) in [5.41, 5.74) is 1.58. The molecule has 0 N–H and O–H groups in total. The van der Waals surface area contributed by atoms with E-state index in [0.717, 1.165) is 23.7 Å². The smallest absolute Gasteiger partial charge is 0.223 e. The van der Waals surface area contributed by atoms with Crippen molar-refractivity contribution in [3.8, 4) is 0 Å². The monoisotopic (exact) mass is 284 g/mol. The van der Waals surface area contributed by atoms with Gasteiger partial charge in [-0.1, -0.05) is 19.6 Å². The van der Waals surface area contributed by atoms with Crippen LogP contribution in [-0.4, -0.2) is 34.4 Å². The average molecular weight is 285 g/mol. The van der Waals surface area contributed by atoms with Crippen LogP contribution in [-0.2, 0) is 11.5 Å². The number of halogens is 1. The van der Waals surface area contributed by atoms with Crippen LogP contribution in [0.1, 0.15) is 0 Å². The minimum absolute atomic E-state index is 0.238. The summed E-state index contributed by atoms with van der Waals surface area (Å²) in [4.78, 5) is 8.04. The van der Waals surface area contributed by atoms with Gasteiger partial charge in [0, 0.05) is 14.7 Å². The van der Waals surface area contributed by atoms with Crippen molar-refractivity contribution >= 4 is 30.7 Å². The lowest BCUT2D eigenvalue weighted by molar-refractivity contribution is 0.0816. The molecule has 18 heavy (non-hydrogen) atoms. The van der Waals surface area contributed by atoms with Gasteiger partial charge in [0.1, 0.15) is 17.8 Å². The number of hydrogen-bond acceptors (Lipinski definition) is 4. The second kappa shape index (κ2) is 5.34. The molecule has 0 spiro atoms. The Labute approximate surface area is 112 Å². The van der Waals surface area contributed by atoms with Gasteiger partial charge in [0.25, 0.3) is 0 Å². The molecule has 2 aromatic heterocycles. The van der Waals surface area contributed by atoms with E-state index in [9.17, 15) is 0 Å². The number of fused-ring (bicyclic) bond motifs is 1. The van der Waals surface area contributed by atoms with E-state index in [1.807, 2.05) is 0 Å². The van der Waals surface area contributed by atoms with Crippen LogP contribution in [0, 0.1) is 0 Å². The van der Waals surface area contributed by atoms with Gasteiger partial charge in [-0.2, -0.15) is 5.10 Å². The molecule has 0 aromatic carbocycles. The van der Waals surface area contributed by atoms with Crippen molar-refractivity contribution in [1.29, 1.82) is 0 Å². The summed E-state index contributed by atoms with van der Waals surface area (Å²) >= 11 is 5.72. The van der Waals surface area contributed by atoms with E-state index in [-0.39, 0.29) is 5.28 Å². The van der Waals surface area contributed by atoms with E-state index in [0.29, 0.717) is 6.73 Å². The second-order valence-corrected chi connectivity index (χ2v) is 11.4. The summed E-state index contributed by atoms with van der Waals surface area (Å²) < 4.78 is 7.38. The van der Waals surface area contributed by atoms with Crippen molar-refractivity contribution in [3.05, 3.63) is 17.7 Å². The molecular formula is C11H17ClN4OSi. The van der Waals surface area contributed by atoms with Crippen LogP contribution in [0.5, 0.6) is 0 Å². The molecule has 0 fully saturated rings. The number of ether oxygens (including phenoxy) is 1. The Morgan fingerprint density at radius 3 is 2.83 bits per heavy atom. The van der Waals surface area contributed by atoms with Crippen molar-refractivity contribution in [2.24, 2.45) is 0 Å². The molecule has 0 unspecified atom stereocenters. The van der Waals surface area contributed by atoms with Crippen molar-refractivity contribution in [2.45, 2.75) is 32.4 Å². The Morgan fingerprint density at radius 2 is 2.11 bits per heavy atom. The Balaban J connectivity index is 1.96. The van der Waals surface area contributed by atoms with Gasteiger partial charge in [-0.3, -0.25) is 0 Å². The summed E-state index contributed by atoms with van der Waals surface area (Å²) in [7, 11) is -1.04. The maximum absolute atomic E-state index is 5.72. The maximum Gasteiger partial charge on any atom is 0.223 e. The normalized spacial score (nSPS) is 12.2. The molecule has 0 aliphatic rings. The molecule has 0 saturated carbocycles. The summed E-state index contributed by atoms with van der Waals surface area (Å²) in [5.74, 6) is 0. The highest BCUT2D eigenvalue weighted by Crippen LogP contribution is 2.13. The molecule has 0 aliphatic carbocycles. The highest BCUT2D eigenvalue weighted by Gasteiger charge is 2.12. The van der Waals surface area contributed by atoms with E-state index in [4.69, 9.17) is 16.3 Å². The second-order valence-electron chi connectivity index (χ2n) is 5.40.